The molecule has 7 nitrogen and oxygen atoms in total. The molecule has 0 saturated carbocycles. The van der Waals surface area contributed by atoms with Crippen molar-refractivity contribution in [1.29, 1.82) is 0 Å². The molecule has 0 bridgehead atoms. The molecule has 110 valence electrons. The molecular formula is C10H18N2O5S2. The first-order chi connectivity index (χ1) is 8.92. The van der Waals surface area contributed by atoms with E-state index in [4.69, 9.17) is 5.73 Å². The van der Waals surface area contributed by atoms with E-state index in [1.165, 1.54) is 42.7 Å². The van der Waals surface area contributed by atoms with Crippen molar-refractivity contribution in [3.8, 4) is 0 Å². The SMILES string of the molecule is COC(=O)[C@H](CSSC[C@H](N)C(=O)OC)NC(C)=O. The summed E-state index contributed by atoms with van der Waals surface area (Å²) in [5.74, 6) is -0.636. The van der Waals surface area contributed by atoms with Gasteiger partial charge in [0.1, 0.15) is 12.1 Å². The lowest BCUT2D eigenvalue weighted by atomic mass is 10.3. The third-order valence-corrected chi connectivity index (χ3v) is 4.38. The third kappa shape index (κ3) is 7.96. The van der Waals surface area contributed by atoms with Crippen molar-refractivity contribution in [2.75, 3.05) is 25.7 Å². The van der Waals surface area contributed by atoms with Crippen LogP contribution in [-0.2, 0) is 23.9 Å². The summed E-state index contributed by atoms with van der Waals surface area (Å²) in [6, 6.07) is -1.42. The highest BCUT2D eigenvalue weighted by Crippen LogP contribution is 2.23. The first-order valence-corrected chi connectivity index (χ1v) is 7.84. The average molecular weight is 310 g/mol. The Balaban J connectivity index is 4.02. The van der Waals surface area contributed by atoms with E-state index >= 15 is 0 Å². The summed E-state index contributed by atoms with van der Waals surface area (Å²) in [7, 11) is 5.16. The van der Waals surface area contributed by atoms with Crippen LogP contribution >= 0.6 is 21.6 Å². The second-order valence-corrected chi connectivity index (χ2v) is 6.03. The summed E-state index contributed by atoms with van der Waals surface area (Å²) in [4.78, 5) is 33.3. The predicted molar refractivity (Wildman–Crippen MR) is 74.5 cm³/mol. The Labute approximate surface area is 119 Å². The lowest BCUT2D eigenvalue weighted by Crippen LogP contribution is -2.42. The number of hydrogen-bond acceptors (Lipinski definition) is 8. The minimum Gasteiger partial charge on any atom is -0.468 e. The van der Waals surface area contributed by atoms with Crippen LogP contribution in [0, 0.1) is 0 Å². The first-order valence-electron chi connectivity index (χ1n) is 5.35. The number of ether oxygens (including phenoxy) is 2. The van der Waals surface area contributed by atoms with Crippen LogP contribution in [0.15, 0.2) is 0 Å². The van der Waals surface area contributed by atoms with E-state index in [0.29, 0.717) is 11.5 Å². The number of esters is 2. The molecule has 0 aliphatic heterocycles. The fourth-order valence-electron chi connectivity index (χ4n) is 1.01. The molecule has 0 radical (unpaired) electrons. The van der Waals surface area contributed by atoms with E-state index in [9.17, 15) is 14.4 Å². The molecule has 19 heavy (non-hydrogen) atoms. The maximum absolute atomic E-state index is 11.4. The van der Waals surface area contributed by atoms with E-state index in [-0.39, 0.29) is 5.91 Å². The zero-order valence-corrected chi connectivity index (χ0v) is 12.6. The average Bonchev–Trinajstić information content (AvgIpc) is 2.39. The Kier molecular flexibility index (Phi) is 9.44. The number of nitrogens with two attached hydrogens (primary N) is 1. The van der Waals surface area contributed by atoms with Crippen LogP contribution in [0.3, 0.4) is 0 Å². The predicted octanol–water partition coefficient (Wildman–Crippen LogP) is -0.454. The molecule has 0 fully saturated rings. The van der Waals surface area contributed by atoms with Crippen LogP contribution < -0.4 is 11.1 Å². The fraction of sp³-hybridized carbons (Fsp3) is 0.700. The minimum atomic E-state index is -0.714. The van der Waals surface area contributed by atoms with Crippen LogP contribution in [0.1, 0.15) is 6.92 Å². The molecule has 0 aliphatic carbocycles. The Bertz CT molecular complexity index is 327. The maximum Gasteiger partial charge on any atom is 0.329 e. The minimum absolute atomic E-state index is 0.313. The second kappa shape index (κ2) is 9.93. The summed E-state index contributed by atoms with van der Waals surface area (Å²) in [5, 5.41) is 2.48. The van der Waals surface area contributed by atoms with Gasteiger partial charge in [-0.25, -0.2) is 4.79 Å². The lowest BCUT2D eigenvalue weighted by molar-refractivity contribution is -0.144. The number of methoxy groups -OCH3 is 2. The second-order valence-electron chi connectivity index (χ2n) is 3.47. The monoisotopic (exact) mass is 310 g/mol. The van der Waals surface area contributed by atoms with Crippen LogP contribution in [0.5, 0.6) is 0 Å². The first kappa shape index (κ1) is 18.1. The van der Waals surface area contributed by atoms with Gasteiger partial charge in [-0.05, 0) is 0 Å². The maximum atomic E-state index is 11.4. The summed E-state index contributed by atoms with van der Waals surface area (Å²) < 4.78 is 9.05. The van der Waals surface area contributed by atoms with Crippen molar-refractivity contribution in [3.05, 3.63) is 0 Å². The molecule has 0 aromatic heterocycles. The van der Waals surface area contributed by atoms with Gasteiger partial charge in [0.05, 0.1) is 14.2 Å². The summed E-state index contributed by atoms with van der Waals surface area (Å²) in [6.45, 7) is 1.32. The Hall–Kier alpha value is -0.930. The van der Waals surface area contributed by atoms with Crippen molar-refractivity contribution in [2.24, 2.45) is 5.73 Å². The van der Waals surface area contributed by atoms with Gasteiger partial charge >= 0.3 is 11.9 Å². The van der Waals surface area contributed by atoms with Gasteiger partial charge in [-0.2, -0.15) is 0 Å². The summed E-state index contributed by atoms with van der Waals surface area (Å²) in [6.07, 6.45) is 0. The van der Waals surface area contributed by atoms with Gasteiger partial charge in [0, 0.05) is 18.4 Å². The molecule has 0 saturated heterocycles. The topological polar surface area (TPSA) is 108 Å². The largest absolute Gasteiger partial charge is 0.468 e. The number of carbonyl (C=O) groups excluding carboxylic acids is 3. The Morgan fingerprint density at radius 3 is 2.11 bits per heavy atom. The van der Waals surface area contributed by atoms with Gasteiger partial charge in [-0.15, -0.1) is 0 Å². The van der Waals surface area contributed by atoms with E-state index in [1.807, 2.05) is 0 Å². The van der Waals surface area contributed by atoms with Gasteiger partial charge < -0.3 is 20.5 Å². The lowest BCUT2D eigenvalue weighted by Gasteiger charge is -2.15. The number of rotatable bonds is 8. The molecule has 0 aromatic rings. The smallest absolute Gasteiger partial charge is 0.329 e. The van der Waals surface area contributed by atoms with Gasteiger partial charge in [0.25, 0.3) is 0 Å². The van der Waals surface area contributed by atoms with Crippen molar-refractivity contribution < 1.29 is 23.9 Å². The number of hydrogen-bond donors (Lipinski definition) is 2. The quantitative estimate of drug-likeness (QED) is 0.352. The van der Waals surface area contributed by atoms with E-state index in [1.54, 1.807) is 0 Å². The van der Waals surface area contributed by atoms with Crippen LogP contribution in [-0.4, -0.2) is 55.7 Å². The number of carbonyl (C=O) groups is 3. The van der Waals surface area contributed by atoms with Crippen LogP contribution in [0.4, 0.5) is 0 Å². The molecule has 2 atom stereocenters. The normalized spacial score (nSPS) is 13.3. The zero-order chi connectivity index (χ0) is 14.8. The summed E-state index contributed by atoms with van der Waals surface area (Å²) >= 11 is 0. The number of amides is 1. The molecule has 0 heterocycles. The van der Waals surface area contributed by atoms with Gasteiger partial charge in [-0.3, -0.25) is 9.59 Å². The highest BCUT2D eigenvalue weighted by Gasteiger charge is 2.21. The van der Waals surface area contributed by atoms with Crippen molar-refractivity contribution in [2.45, 2.75) is 19.0 Å². The Morgan fingerprint density at radius 1 is 1.11 bits per heavy atom. The van der Waals surface area contributed by atoms with Crippen molar-refractivity contribution in [3.63, 3.8) is 0 Å². The van der Waals surface area contributed by atoms with Crippen molar-refractivity contribution >= 4 is 39.4 Å². The molecule has 3 N–H and O–H groups in total. The van der Waals surface area contributed by atoms with Gasteiger partial charge in [0.15, 0.2) is 0 Å². The van der Waals surface area contributed by atoms with Gasteiger partial charge in [-0.1, -0.05) is 21.6 Å². The van der Waals surface area contributed by atoms with E-state index in [2.05, 4.69) is 14.8 Å². The molecular weight excluding hydrogens is 292 g/mol. The molecule has 0 aromatic carbocycles. The zero-order valence-electron chi connectivity index (χ0n) is 11.0. The third-order valence-electron chi connectivity index (χ3n) is 1.93. The van der Waals surface area contributed by atoms with Gasteiger partial charge in [0.2, 0.25) is 5.91 Å². The molecule has 0 rings (SSSR count). The fourth-order valence-corrected chi connectivity index (χ4v) is 3.27. The van der Waals surface area contributed by atoms with Crippen LogP contribution in [0.25, 0.3) is 0 Å². The molecule has 1 amide bonds. The Morgan fingerprint density at radius 2 is 1.63 bits per heavy atom. The molecule has 9 heteroatoms. The van der Waals surface area contributed by atoms with Crippen molar-refractivity contribution in [1.82, 2.24) is 5.32 Å². The standard InChI is InChI=1S/C10H18N2O5S2/c1-6(13)12-8(10(15)17-3)5-19-18-4-7(11)9(14)16-2/h7-8H,4-5,11H2,1-3H3,(H,12,13)/t7-,8-/m0/s1. The van der Waals surface area contributed by atoms with Crippen LogP contribution in [0.2, 0.25) is 0 Å². The molecule has 0 aliphatic rings. The van der Waals surface area contributed by atoms with E-state index < -0.39 is 24.0 Å². The number of nitrogens with one attached hydrogen (secondary N) is 1. The summed E-state index contributed by atoms with van der Waals surface area (Å²) in [5.41, 5.74) is 5.54. The van der Waals surface area contributed by atoms with E-state index in [0.717, 1.165) is 0 Å². The molecule has 0 unspecified atom stereocenters. The molecule has 0 spiro atoms. The highest BCUT2D eigenvalue weighted by atomic mass is 33.1. The highest BCUT2D eigenvalue weighted by molar-refractivity contribution is 8.76.